The van der Waals surface area contributed by atoms with E-state index in [0.717, 1.165) is 56.3 Å². The van der Waals surface area contributed by atoms with Gasteiger partial charge in [-0.05, 0) is 168 Å². The zero-order valence-corrected chi connectivity index (χ0v) is 44.0. The molecule has 8 rings (SSSR count). The monoisotopic (exact) mass is 1090 g/mol. The molecule has 0 amide bonds. The van der Waals surface area contributed by atoms with Crippen LogP contribution in [0.1, 0.15) is 132 Å². The van der Waals surface area contributed by atoms with Crippen molar-refractivity contribution < 1.29 is 129 Å². The number of hydrogen-bond acceptors (Lipinski definition) is 17. The molecule has 17 nitrogen and oxygen atoms in total. The molecule has 0 aliphatic heterocycles. The van der Waals surface area contributed by atoms with Gasteiger partial charge in [-0.1, -0.05) is 0 Å². The number of aliphatic hydroxyl groups excluding tert-OH is 5. The molecule has 26 heteroatoms. The Kier molecular flexibility index (Phi) is 39.6. The summed E-state index contributed by atoms with van der Waals surface area (Å²) in [4.78, 5) is 44.5. The molecular formula is C43H74F6O17S2Ti. The largest absolute Gasteiger partial charge is 0.490 e. The van der Waals surface area contributed by atoms with Crippen LogP contribution in [-0.4, -0.2) is 137 Å². The van der Waals surface area contributed by atoms with E-state index >= 15 is 0 Å². The second-order valence-electron chi connectivity index (χ2n) is 18.5. The van der Waals surface area contributed by atoms with Crippen LogP contribution in [0.4, 0.5) is 26.3 Å². The zero-order chi connectivity index (χ0) is 53.6. The summed E-state index contributed by atoms with van der Waals surface area (Å²) in [5.74, 6) is -0.703. The third-order valence-corrected chi connectivity index (χ3v) is 10.5. The first kappa shape index (κ1) is 73.2. The number of methoxy groups -OCH3 is 1. The Morgan fingerprint density at radius 2 is 0.696 bits per heavy atom. The molecule has 0 aromatic heterocycles. The van der Waals surface area contributed by atoms with E-state index in [9.17, 15) is 45.5 Å². The predicted molar refractivity (Wildman–Crippen MR) is 233 cm³/mol. The molecule has 0 aromatic carbocycles. The minimum absolute atomic E-state index is 0. The summed E-state index contributed by atoms with van der Waals surface area (Å²) in [6, 6.07) is 0. The standard InChI is InChI=1S/C15H19F3O4.C13H20O3.C3H3F3O2.4C3H8O.2O2S.Ti/c16-15(17,18)13(20)22-2-1-21-12(19)14-6-9-3-10(7-14)5-11(4-9)8-14;14-1-2-16-12(15)13-6-9-3-10(7-13)5-11(4-9)8-13;1-8-2(7)3(4,5)6;4*1-3(2)4;2*1-3-2;/h9-11H,1-8H2;9-11,14H,1-8H2;1H3;4*3-4H,1-2H3;;;. The van der Waals surface area contributed by atoms with Crippen LogP contribution in [0, 0.1) is 46.3 Å². The maximum absolute atomic E-state index is 12.4. The van der Waals surface area contributed by atoms with E-state index in [1.54, 1.807) is 55.4 Å². The molecule has 69 heavy (non-hydrogen) atoms. The molecule has 8 aliphatic rings. The normalized spacial score (nSPS) is 25.6. The molecule has 0 unspecified atom stereocenters. The Bertz CT molecular complexity index is 1400. The van der Waals surface area contributed by atoms with Gasteiger partial charge >= 0.3 is 59.4 Å². The molecule has 0 atom stereocenters. The third kappa shape index (κ3) is 33.8. The molecular weight excluding hydrogens is 1010 g/mol. The number of rotatable bonds is 7. The Balaban J connectivity index is -0.000000393. The Morgan fingerprint density at radius 1 is 0.493 bits per heavy atom. The summed E-state index contributed by atoms with van der Waals surface area (Å²) >= 11 is -1.50. The van der Waals surface area contributed by atoms with E-state index in [1.165, 1.54) is 38.5 Å². The van der Waals surface area contributed by atoms with Crippen molar-refractivity contribution in [2.45, 2.75) is 169 Å². The minimum atomic E-state index is -5.01. The molecule has 8 saturated carbocycles. The second-order valence-corrected chi connectivity index (χ2v) is 18.8. The molecule has 0 saturated heterocycles. The van der Waals surface area contributed by atoms with Crippen LogP contribution in [0.3, 0.4) is 0 Å². The zero-order valence-electron chi connectivity index (χ0n) is 40.8. The third-order valence-electron chi connectivity index (χ3n) is 10.5. The van der Waals surface area contributed by atoms with Gasteiger partial charge in [-0.2, -0.15) is 43.2 Å². The second kappa shape index (κ2) is 37.4. The van der Waals surface area contributed by atoms with Crippen molar-refractivity contribution in [1.82, 2.24) is 0 Å². The van der Waals surface area contributed by atoms with Gasteiger partial charge in [-0.3, -0.25) is 9.59 Å². The van der Waals surface area contributed by atoms with Gasteiger partial charge in [-0.15, -0.1) is 0 Å². The Labute approximate surface area is 423 Å². The van der Waals surface area contributed by atoms with E-state index in [1.807, 2.05) is 0 Å². The first-order valence-electron chi connectivity index (χ1n) is 22.1. The van der Waals surface area contributed by atoms with Crippen molar-refractivity contribution >= 4 is 47.0 Å². The molecule has 0 spiro atoms. The molecule has 8 bridgehead atoms. The average Bonchev–Trinajstić information content (AvgIpc) is 3.16. The van der Waals surface area contributed by atoms with E-state index in [4.69, 9.17) is 51.8 Å². The molecule has 0 heterocycles. The first-order valence-corrected chi connectivity index (χ1v) is 23.5. The van der Waals surface area contributed by atoms with Crippen LogP contribution in [0.25, 0.3) is 0 Å². The van der Waals surface area contributed by atoms with Crippen molar-refractivity contribution in [2.75, 3.05) is 33.5 Å². The van der Waals surface area contributed by atoms with Gasteiger partial charge in [0.2, 0.25) is 0 Å². The van der Waals surface area contributed by atoms with Crippen LogP contribution in [0.5, 0.6) is 0 Å². The summed E-state index contributed by atoms with van der Waals surface area (Å²) in [7, 11) is 0.676. The minimum Gasteiger partial charge on any atom is -0.463 e. The maximum Gasteiger partial charge on any atom is 0.490 e. The summed E-state index contributed by atoms with van der Waals surface area (Å²) < 4.78 is 120. The molecule has 406 valence electrons. The topological polar surface area (TPSA) is 275 Å². The van der Waals surface area contributed by atoms with Crippen LogP contribution < -0.4 is 0 Å². The van der Waals surface area contributed by atoms with Crippen molar-refractivity contribution in [3.05, 3.63) is 0 Å². The van der Waals surface area contributed by atoms with E-state index < -0.39 is 59.5 Å². The van der Waals surface area contributed by atoms with Crippen LogP contribution in [0.15, 0.2) is 0 Å². The quantitative estimate of drug-likeness (QED) is 0.0690. The SMILES string of the molecule is CC(C)O.CC(C)O.CC(C)O.CC(C)O.COC(=O)C(F)(F)F.O=C(OCCO)C12CC3CC(CC(C3)C1)C2.O=C(OCCOC(=O)C12CC3CC(CC(C3)C1)C2)C(F)(F)F.O=S=O.O=S=O.[Ti]. The number of esters is 4. The summed E-state index contributed by atoms with van der Waals surface area (Å²) in [6.07, 6.45) is 2.70. The summed E-state index contributed by atoms with van der Waals surface area (Å²) in [5.41, 5.74) is -0.604. The fourth-order valence-corrected chi connectivity index (χ4v) is 9.63. The first-order chi connectivity index (χ1) is 31.2. The molecule has 8 aliphatic carbocycles. The molecule has 5 N–H and O–H groups in total. The summed E-state index contributed by atoms with van der Waals surface area (Å²) in [5, 5.41) is 40.9. The molecule has 8 fully saturated rings. The fourth-order valence-electron chi connectivity index (χ4n) is 9.63. The number of aliphatic hydroxyl groups is 5. The van der Waals surface area contributed by atoms with Gasteiger partial charge in [0.25, 0.3) is 0 Å². The van der Waals surface area contributed by atoms with E-state index in [-0.39, 0.29) is 83.3 Å². The molecule has 0 aromatic rings. The van der Waals surface area contributed by atoms with Crippen molar-refractivity contribution in [1.29, 1.82) is 0 Å². The number of carbonyl (C=O) groups is 4. The number of carbonyl (C=O) groups excluding carboxylic acids is 4. The smallest absolute Gasteiger partial charge is 0.463 e. The van der Waals surface area contributed by atoms with E-state index in [2.05, 4.69) is 9.47 Å². The average molecular weight is 1090 g/mol. The number of alkyl halides is 6. The summed E-state index contributed by atoms with van der Waals surface area (Å²) in [6.45, 7) is 13.0. The van der Waals surface area contributed by atoms with E-state index in [0.29, 0.717) is 24.9 Å². The van der Waals surface area contributed by atoms with Crippen molar-refractivity contribution in [3.8, 4) is 0 Å². The number of hydrogen-bond donors (Lipinski definition) is 5. The predicted octanol–water partition coefficient (Wildman–Crippen LogP) is 5.52. The van der Waals surface area contributed by atoms with Crippen molar-refractivity contribution in [3.63, 3.8) is 0 Å². The Morgan fingerprint density at radius 3 is 0.870 bits per heavy atom. The van der Waals surface area contributed by atoms with Crippen molar-refractivity contribution in [2.24, 2.45) is 46.3 Å². The van der Waals surface area contributed by atoms with Gasteiger partial charge in [0.15, 0.2) is 0 Å². The van der Waals surface area contributed by atoms with Crippen LogP contribution >= 0.6 is 0 Å². The Hall–Kier alpha value is -2.39. The van der Waals surface area contributed by atoms with Gasteiger partial charge in [0.05, 0.1) is 24.5 Å². The van der Waals surface area contributed by atoms with Crippen LogP contribution in [-0.2, 0) is 83.0 Å². The molecule has 0 radical (unpaired) electrons. The van der Waals surface area contributed by atoms with Crippen LogP contribution in [0.2, 0.25) is 0 Å². The number of halogens is 6. The number of ether oxygens (including phenoxy) is 4. The van der Waals surface area contributed by atoms with Gasteiger partial charge in [0, 0.05) is 46.1 Å². The van der Waals surface area contributed by atoms with Gasteiger partial charge < -0.3 is 44.5 Å². The van der Waals surface area contributed by atoms with Gasteiger partial charge in [-0.25, -0.2) is 9.59 Å². The maximum atomic E-state index is 12.4. The van der Waals surface area contributed by atoms with Gasteiger partial charge in [0.1, 0.15) is 19.8 Å². The fraction of sp³-hybridized carbons (Fsp3) is 0.907.